The van der Waals surface area contributed by atoms with Crippen LogP contribution in [0.4, 0.5) is 0 Å². The van der Waals surface area contributed by atoms with E-state index in [9.17, 15) is 4.79 Å². The van der Waals surface area contributed by atoms with E-state index in [2.05, 4.69) is 33.1 Å². The second kappa shape index (κ2) is 8.16. The lowest BCUT2D eigenvalue weighted by molar-refractivity contribution is 0.0632. The number of piperazine rings is 1. The van der Waals surface area contributed by atoms with Crippen LogP contribution in [0, 0.1) is 6.92 Å². The van der Waals surface area contributed by atoms with E-state index >= 15 is 0 Å². The van der Waals surface area contributed by atoms with Crippen LogP contribution in [-0.4, -0.2) is 58.5 Å². The minimum absolute atomic E-state index is 0.0847. The highest BCUT2D eigenvalue weighted by Gasteiger charge is 2.26. The molecular formula is C23H24N4O2S. The number of amides is 1. The van der Waals surface area contributed by atoms with Gasteiger partial charge in [-0.15, -0.1) is 11.3 Å². The van der Waals surface area contributed by atoms with Crippen molar-refractivity contribution in [1.82, 2.24) is 19.8 Å². The third-order valence-corrected chi connectivity index (χ3v) is 6.86. The number of thiazole rings is 1. The van der Waals surface area contributed by atoms with Crippen molar-refractivity contribution in [2.75, 3.05) is 32.8 Å². The summed E-state index contributed by atoms with van der Waals surface area (Å²) in [5.74, 6) is 1.11. The second-order valence-corrected chi connectivity index (χ2v) is 8.76. The largest absolute Gasteiger partial charge is 0.493 e. The number of benzene rings is 1. The summed E-state index contributed by atoms with van der Waals surface area (Å²) in [4.78, 5) is 27.1. The van der Waals surface area contributed by atoms with Crippen molar-refractivity contribution in [1.29, 1.82) is 0 Å². The number of aromatic nitrogens is 2. The Morgan fingerprint density at radius 2 is 2.03 bits per heavy atom. The predicted octanol–water partition coefficient (Wildman–Crippen LogP) is 3.41. The molecular weight excluding hydrogens is 396 g/mol. The highest BCUT2D eigenvalue weighted by molar-refractivity contribution is 7.17. The normalized spacial score (nSPS) is 16.4. The standard InChI is InChI=1S/C23H24N4O2S/c1-16-21(30-22(25-16)19-4-2-3-8-24-19)23(28)27-11-9-26(10-12-27)15-17-5-6-20-18(14-17)7-13-29-20/h2-6,8,14H,7,9-13,15H2,1H3. The number of ether oxygens (including phenoxy) is 1. The molecule has 4 heterocycles. The van der Waals surface area contributed by atoms with Crippen LogP contribution in [0.15, 0.2) is 42.6 Å². The maximum absolute atomic E-state index is 13.1. The smallest absolute Gasteiger partial charge is 0.265 e. The number of hydrogen-bond acceptors (Lipinski definition) is 6. The topological polar surface area (TPSA) is 58.6 Å². The first-order valence-corrected chi connectivity index (χ1v) is 11.1. The number of carbonyl (C=O) groups excluding carboxylic acids is 1. The summed E-state index contributed by atoms with van der Waals surface area (Å²) in [6.45, 7) is 6.85. The SMILES string of the molecule is Cc1nc(-c2ccccn2)sc1C(=O)N1CCN(Cc2ccc3c(c2)CCO3)CC1. The van der Waals surface area contributed by atoms with Gasteiger partial charge in [0.2, 0.25) is 0 Å². The lowest BCUT2D eigenvalue weighted by Gasteiger charge is -2.34. The molecule has 2 aliphatic heterocycles. The zero-order valence-corrected chi connectivity index (χ0v) is 17.8. The summed E-state index contributed by atoms with van der Waals surface area (Å²) in [7, 11) is 0. The molecule has 0 atom stereocenters. The molecule has 2 aliphatic rings. The first-order valence-electron chi connectivity index (χ1n) is 10.3. The van der Waals surface area contributed by atoms with E-state index < -0.39 is 0 Å². The lowest BCUT2D eigenvalue weighted by atomic mass is 10.1. The number of aryl methyl sites for hydroxylation is 1. The van der Waals surface area contributed by atoms with E-state index in [-0.39, 0.29) is 5.91 Å². The average Bonchev–Trinajstić information content (AvgIpc) is 3.40. The average molecular weight is 421 g/mol. The third kappa shape index (κ3) is 3.82. The molecule has 0 aliphatic carbocycles. The first-order chi connectivity index (χ1) is 14.7. The summed E-state index contributed by atoms with van der Waals surface area (Å²) >= 11 is 1.44. The van der Waals surface area contributed by atoms with Crippen LogP contribution in [0.25, 0.3) is 10.7 Å². The maximum atomic E-state index is 13.1. The highest BCUT2D eigenvalue weighted by Crippen LogP contribution is 2.28. The zero-order chi connectivity index (χ0) is 20.5. The van der Waals surface area contributed by atoms with Gasteiger partial charge in [0.1, 0.15) is 15.6 Å². The molecule has 0 bridgehead atoms. The van der Waals surface area contributed by atoms with Gasteiger partial charge in [-0.25, -0.2) is 4.98 Å². The predicted molar refractivity (Wildman–Crippen MR) is 117 cm³/mol. The summed E-state index contributed by atoms with van der Waals surface area (Å²) in [5, 5.41) is 0.802. The Labute approximate surface area is 180 Å². The van der Waals surface area contributed by atoms with Gasteiger partial charge in [-0.1, -0.05) is 18.2 Å². The molecule has 3 aromatic rings. The van der Waals surface area contributed by atoms with E-state index in [1.54, 1.807) is 6.20 Å². The van der Waals surface area contributed by atoms with Gasteiger partial charge in [0.05, 0.1) is 18.0 Å². The molecule has 0 radical (unpaired) electrons. The molecule has 7 heteroatoms. The molecule has 1 saturated heterocycles. The van der Waals surface area contributed by atoms with Crippen molar-refractivity contribution in [3.8, 4) is 16.5 Å². The van der Waals surface area contributed by atoms with Gasteiger partial charge in [0, 0.05) is 45.3 Å². The number of carbonyl (C=O) groups is 1. The Bertz CT molecular complexity index is 1060. The fourth-order valence-corrected chi connectivity index (χ4v) is 5.05. The minimum Gasteiger partial charge on any atom is -0.493 e. The van der Waals surface area contributed by atoms with E-state index in [0.717, 1.165) is 72.8 Å². The Balaban J connectivity index is 1.21. The van der Waals surface area contributed by atoms with Crippen LogP contribution < -0.4 is 4.74 Å². The van der Waals surface area contributed by atoms with Gasteiger partial charge in [0.25, 0.3) is 5.91 Å². The van der Waals surface area contributed by atoms with Crippen molar-refractivity contribution in [2.24, 2.45) is 0 Å². The van der Waals surface area contributed by atoms with E-state index in [4.69, 9.17) is 4.74 Å². The van der Waals surface area contributed by atoms with Crippen LogP contribution in [0.2, 0.25) is 0 Å². The lowest BCUT2D eigenvalue weighted by Crippen LogP contribution is -2.48. The quantitative estimate of drug-likeness (QED) is 0.647. The number of nitrogens with zero attached hydrogens (tertiary/aromatic N) is 4. The molecule has 154 valence electrons. The molecule has 0 unspecified atom stereocenters. The Kier molecular flexibility index (Phi) is 5.23. The van der Waals surface area contributed by atoms with Gasteiger partial charge in [-0.05, 0) is 36.2 Å². The number of rotatable bonds is 4. The Morgan fingerprint density at radius 3 is 2.83 bits per heavy atom. The van der Waals surface area contributed by atoms with Crippen molar-refractivity contribution >= 4 is 17.2 Å². The first kappa shape index (κ1) is 19.2. The molecule has 0 spiro atoms. The molecule has 1 fully saturated rings. The molecule has 0 N–H and O–H groups in total. The van der Waals surface area contributed by atoms with Gasteiger partial charge in [-0.3, -0.25) is 14.7 Å². The van der Waals surface area contributed by atoms with Crippen LogP contribution in [-0.2, 0) is 13.0 Å². The molecule has 2 aromatic heterocycles. The summed E-state index contributed by atoms with van der Waals surface area (Å²) < 4.78 is 5.60. The fourth-order valence-electron chi connectivity index (χ4n) is 4.04. The van der Waals surface area contributed by atoms with E-state index in [1.165, 1.54) is 22.5 Å². The van der Waals surface area contributed by atoms with Crippen molar-refractivity contribution in [2.45, 2.75) is 19.9 Å². The van der Waals surface area contributed by atoms with Crippen LogP contribution >= 0.6 is 11.3 Å². The highest BCUT2D eigenvalue weighted by atomic mass is 32.1. The molecule has 1 aromatic carbocycles. The van der Waals surface area contributed by atoms with Crippen molar-refractivity contribution in [3.05, 3.63) is 64.3 Å². The number of fused-ring (bicyclic) bond motifs is 1. The van der Waals surface area contributed by atoms with E-state index in [0.29, 0.717) is 0 Å². The van der Waals surface area contributed by atoms with Crippen molar-refractivity contribution in [3.63, 3.8) is 0 Å². The van der Waals surface area contributed by atoms with E-state index in [1.807, 2.05) is 30.0 Å². The molecule has 5 rings (SSSR count). The summed E-state index contributed by atoms with van der Waals surface area (Å²) in [6, 6.07) is 12.3. The summed E-state index contributed by atoms with van der Waals surface area (Å²) in [5.41, 5.74) is 4.23. The van der Waals surface area contributed by atoms with Crippen LogP contribution in [0.5, 0.6) is 5.75 Å². The zero-order valence-electron chi connectivity index (χ0n) is 17.0. The molecule has 1 amide bonds. The molecule has 6 nitrogen and oxygen atoms in total. The molecule has 0 saturated carbocycles. The van der Waals surface area contributed by atoms with Gasteiger partial charge < -0.3 is 9.64 Å². The monoisotopic (exact) mass is 420 g/mol. The fraction of sp³-hybridized carbons (Fsp3) is 0.348. The van der Waals surface area contributed by atoms with Crippen molar-refractivity contribution < 1.29 is 9.53 Å². The van der Waals surface area contributed by atoms with Crippen LogP contribution in [0.3, 0.4) is 0 Å². The van der Waals surface area contributed by atoms with Gasteiger partial charge in [0.15, 0.2) is 0 Å². The maximum Gasteiger partial charge on any atom is 0.265 e. The van der Waals surface area contributed by atoms with Crippen LogP contribution in [0.1, 0.15) is 26.5 Å². The minimum atomic E-state index is 0.0847. The van der Waals surface area contributed by atoms with Gasteiger partial charge >= 0.3 is 0 Å². The second-order valence-electron chi connectivity index (χ2n) is 7.76. The summed E-state index contributed by atoms with van der Waals surface area (Å²) in [6.07, 6.45) is 2.75. The number of pyridine rings is 1. The number of hydrogen-bond donors (Lipinski definition) is 0. The Morgan fingerprint density at radius 1 is 1.17 bits per heavy atom. The molecule has 30 heavy (non-hydrogen) atoms. The Hall–Kier alpha value is -2.77. The third-order valence-electron chi connectivity index (χ3n) is 5.69. The van der Waals surface area contributed by atoms with Gasteiger partial charge in [-0.2, -0.15) is 0 Å².